The minimum atomic E-state index is 0.146. The van der Waals surface area contributed by atoms with Crippen LogP contribution in [0.2, 0.25) is 5.02 Å². The molecular weight excluding hydrogens is 246 g/mol. The van der Waals surface area contributed by atoms with Gasteiger partial charge in [0.1, 0.15) is 5.76 Å². The summed E-state index contributed by atoms with van der Waals surface area (Å²) in [7, 11) is 0. The summed E-state index contributed by atoms with van der Waals surface area (Å²) in [6.45, 7) is 5.93. The van der Waals surface area contributed by atoms with E-state index >= 15 is 0 Å². The molecule has 1 aliphatic heterocycles. The topological polar surface area (TPSA) is 21.3 Å². The minimum Gasteiger partial charge on any atom is -0.496 e. The first-order valence-corrected chi connectivity index (χ1v) is 6.92. The number of likely N-dealkylation sites (N-methyl/N-ethyl adjacent to an activating group) is 1. The molecule has 1 atom stereocenters. The van der Waals surface area contributed by atoms with Gasteiger partial charge >= 0.3 is 0 Å². The van der Waals surface area contributed by atoms with Crippen LogP contribution in [0.15, 0.2) is 30.0 Å². The summed E-state index contributed by atoms with van der Waals surface area (Å²) in [6, 6.07) is 6.18. The lowest BCUT2D eigenvalue weighted by atomic mass is 9.98. The molecule has 0 saturated carbocycles. The van der Waals surface area contributed by atoms with Crippen LogP contribution in [0.3, 0.4) is 0 Å². The first-order valence-electron chi connectivity index (χ1n) is 6.54. The van der Waals surface area contributed by atoms with Crippen molar-refractivity contribution in [1.29, 1.82) is 0 Å². The van der Waals surface area contributed by atoms with Crippen molar-refractivity contribution in [3.63, 3.8) is 0 Å². The zero-order valence-corrected chi connectivity index (χ0v) is 11.8. The van der Waals surface area contributed by atoms with Gasteiger partial charge in [0.15, 0.2) is 0 Å². The molecule has 0 aliphatic carbocycles. The number of benzene rings is 1. The van der Waals surface area contributed by atoms with E-state index in [9.17, 15) is 0 Å². The van der Waals surface area contributed by atoms with E-state index in [1.54, 1.807) is 0 Å². The molecule has 2 rings (SSSR count). The number of aryl methyl sites for hydroxylation is 1. The smallest absolute Gasteiger partial charge is 0.113 e. The molecule has 0 fully saturated rings. The van der Waals surface area contributed by atoms with Gasteiger partial charge in [0.05, 0.1) is 12.6 Å². The van der Waals surface area contributed by atoms with Crippen molar-refractivity contribution in [3.8, 4) is 0 Å². The molecule has 1 aromatic carbocycles. The van der Waals surface area contributed by atoms with E-state index in [0.717, 1.165) is 36.8 Å². The van der Waals surface area contributed by atoms with Crippen LogP contribution in [-0.2, 0) is 4.74 Å². The van der Waals surface area contributed by atoms with Gasteiger partial charge in [-0.25, -0.2) is 0 Å². The Balaban J connectivity index is 2.31. The molecule has 0 spiro atoms. The molecule has 1 unspecified atom stereocenters. The fraction of sp³-hybridized carbons (Fsp3) is 0.467. The number of allylic oxidation sites excluding steroid dienone is 1. The highest BCUT2D eigenvalue weighted by Gasteiger charge is 2.20. The van der Waals surface area contributed by atoms with Crippen molar-refractivity contribution in [1.82, 2.24) is 5.32 Å². The van der Waals surface area contributed by atoms with Crippen LogP contribution in [0.5, 0.6) is 0 Å². The van der Waals surface area contributed by atoms with Crippen LogP contribution in [0, 0.1) is 6.92 Å². The number of halogens is 1. The van der Waals surface area contributed by atoms with E-state index < -0.39 is 0 Å². The summed E-state index contributed by atoms with van der Waals surface area (Å²) in [5, 5.41) is 4.27. The fourth-order valence-electron chi connectivity index (χ4n) is 2.31. The van der Waals surface area contributed by atoms with Gasteiger partial charge in [-0.1, -0.05) is 24.6 Å². The number of hydrogen-bond acceptors (Lipinski definition) is 2. The van der Waals surface area contributed by atoms with Crippen molar-refractivity contribution in [2.75, 3.05) is 13.2 Å². The molecule has 1 aliphatic rings. The zero-order chi connectivity index (χ0) is 13.0. The Morgan fingerprint density at radius 1 is 1.44 bits per heavy atom. The number of ether oxygens (including phenoxy) is 1. The van der Waals surface area contributed by atoms with Crippen LogP contribution < -0.4 is 5.32 Å². The standard InChI is InChI=1S/C15H20ClNO/c1-3-17-15(14-6-4-5-9-18-14)13-8-7-12(16)10-11(13)2/h6-8,10,15,17H,3-5,9H2,1-2H3. The number of nitrogens with one attached hydrogen (secondary N) is 1. The monoisotopic (exact) mass is 265 g/mol. The highest BCUT2D eigenvalue weighted by Crippen LogP contribution is 2.29. The Hall–Kier alpha value is -0.990. The Labute approximate surface area is 114 Å². The third-order valence-electron chi connectivity index (χ3n) is 3.20. The summed E-state index contributed by atoms with van der Waals surface area (Å²) in [5.41, 5.74) is 2.44. The lowest BCUT2D eigenvalue weighted by molar-refractivity contribution is 0.168. The normalized spacial score (nSPS) is 16.9. The van der Waals surface area contributed by atoms with E-state index in [2.05, 4.69) is 31.3 Å². The number of rotatable bonds is 4. The second kappa shape index (κ2) is 6.26. The van der Waals surface area contributed by atoms with E-state index in [1.807, 2.05) is 12.1 Å². The molecule has 1 heterocycles. The van der Waals surface area contributed by atoms with Crippen LogP contribution in [0.4, 0.5) is 0 Å². The fourth-order valence-corrected chi connectivity index (χ4v) is 2.54. The third kappa shape index (κ3) is 3.06. The molecule has 1 N–H and O–H groups in total. The van der Waals surface area contributed by atoms with Crippen LogP contribution in [0.1, 0.15) is 36.9 Å². The molecule has 1 aromatic rings. The molecule has 2 nitrogen and oxygen atoms in total. The lowest BCUT2D eigenvalue weighted by Crippen LogP contribution is -2.26. The molecule has 0 saturated heterocycles. The van der Waals surface area contributed by atoms with Crippen molar-refractivity contribution < 1.29 is 4.74 Å². The second-order valence-corrected chi connectivity index (χ2v) is 5.03. The third-order valence-corrected chi connectivity index (χ3v) is 3.43. The van der Waals surface area contributed by atoms with Crippen LogP contribution in [-0.4, -0.2) is 13.2 Å². The van der Waals surface area contributed by atoms with Crippen molar-refractivity contribution >= 4 is 11.6 Å². The minimum absolute atomic E-state index is 0.146. The molecule has 0 aromatic heterocycles. The Morgan fingerprint density at radius 2 is 2.28 bits per heavy atom. The summed E-state index contributed by atoms with van der Waals surface area (Å²) in [4.78, 5) is 0. The first-order chi connectivity index (χ1) is 8.72. The highest BCUT2D eigenvalue weighted by molar-refractivity contribution is 6.30. The molecule has 18 heavy (non-hydrogen) atoms. The lowest BCUT2D eigenvalue weighted by Gasteiger charge is -2.26. The van der Waals surface area contributed by atoms with Crippen molar-refractivity contribution in [2.24, 2.45) is 0 Å². The summed E-state index contributed by atoms with van der Waals surface area (Å²) in [6.07, 6.45) is 4.41. The number of hydrogen-bond donors (Lipinski definition) is 1. The Kier molecular flexibility index (Phi) is 4.67. The van der Waals surface area contributed by atoms with Gasteiger partial charge in [0.25, 0.3) is 0 Å². The van der Waals surface area contributed by atoms with E-state index in [4.69, 9.17) is 16.3 Å². The molecule has 98 valence electrons. The Bertz CT molecular complexity index is 442. The molecule has 0 amide bonds. The summed E-state index contributed by atoms with van der Waals surface area (Å²) in [5.74, 6) is 1.05. The summed E-state index contributed by atoms with van der Waals surface area (Å²) >= 11 is 6.02. The molecule has 0 bridgehead atoms. The van der Waals surface area contributed by atoms with E-state index in [-0.39, 0.29) is 6.04 Å². The maximum atomic E-state index is 6.02. The van der Waals surface area contributed by atoms with Gasteiger partial charge in [0.2, 0.25) is 0 Å². The van der Waals surface area contributed by atoms with Crippen LogP contribution >= 0.6 is 11.6 Å². The Morgan fingerprint density at radius 3 is 2.89 bits per heavy atom. The predicted molar refractivity (Wildman–Crippen MR) is 75.9 cm³/mol. The molecular formula is C15H20ClNO. The van der Waals surface area contributed by atoms with Crippen LogP contribution in [0.25, 0.3) is 0 Å². The SMILES string of the molecule is CCNC(C1=CCCCO1)c1ccc(Cl)cc1C. The van der Waals surface area contributed by atoms with Gasteiger partial charge in [-0.3, -0.25) is 0 Å². The second-order valence-electron chi connectivity index (χ2n) is 4.59. The maximum absolute atomic E-state index is 6.02. The van der Waals surface area contributed by atoms with Gasteiger partial charge in [-0.05, 0) is 55.6 Å². The molecule has 3 heteroatoms. The van der Waals surface area contributed by atoms with Gasteiger partial charge in [0, 0.05) is 5.02 Å². The summed E-state index contributed by atoms with van der Waals surface area (Å²) < 4.78 is 5.80. The van der Waals surface area contributed by atoms with E-state index in [1.165, 1.54) is 11.1 Å². The average molecular weight is 266 g/mol. The van der Waals surface area contributed by atoms with E-state index in [0.29, 0.717) is 0 Å². The van der Waals surface area contributed by atoms with Crippen molar-refractivity contribution in [2.45, 2.75) is 32.7 Å². The highest BCUT2D eigenvalue weighted by atomic mass is 35.5. The average Bonchev–Trinajstić information content (AvgIpc) is 2.38. The van der Waals surface area contributed by atoms with Gasteiger partial charge in [-0.2, -0.15) is 0 Å². The first kappa shape index (κ1) is 13.4. The predicted octanol–water partition coefficient (Wildman–Crippen LogP) is 3.99. The maximum Gasteiger partial charge on any atom is 0.113 e. The van der Waals surface area contributed by atoms with Crippen molar-refractivity contribution in [3.05, 3.63) is 46.2 Å². The molecule has 0 radical (unpaired) electrons. The zero-order valence-electron chi connectivity index (χ0n) is 11.0. The van der Waals surface area contributed by atoms with Gasteiger partial charge < -0.3 is 10.1 Å². The quantitative estimate of drug-likeness (QED) is 0.889. The largest absolute Gasteiger partial charge is 0.496 e. The van der Waals surface area contributed by atoms with Gasteiger partial charge in [-0.15, -0.1) is 0 Å².